The Morgan fingerprint density at radius 1 is 1.40 bits per heavy atom. The fourth-order valence-corrected chi connectivity index (χ4v) is 3.31. The molecule has 1 saturated carbocycles. The van der Waals surface area contributed by atoms with E-state index in [1.165, 1.54) is 39.2 Å². The molecule has 2 rings (SSSR count). The summed E-state index contributed by atoms with van der Waals surface area (Å²) in [5, 5.41) is 10.0. The van der Waals surface area contributed by atoms with Crippen molar-refractivity contribution in [2.75, 3.05) is 13.7 Å². The number of hydrogen-bond acceptors (Lipinski definition) is 3. The Bertz CT molecular complexity index is 467. The second-order valence-electron chi connectivity index (χ2n) is 5.37. The molecule has 1 unspecified atom stereocenters. The average Bonchev–Trinajstić information content (AvgIpc) is 2.49. The molecule has 0 heterocycles. The van der Waals surface area contributed by atoms with Gasteiger partial charge in [0.05, 0.1) is 13.7 Å². The number of halogens is 1. The van der Waals surface area contributed by atoms with Gasteiger partial charge in [-0.15, -0.1) is 0 Å². The normalized spacial score (nSPS) is 17.8. The second kappa shape index (κ2) is 7.09. The van der Waals surface area contributed by atoms with Crippen LogP contribution in [0.1, 0.15) is 55.1 Å². The molecule has 0 bridgehead atoms. The number of hydrogen-bond donors (Lipinski definition) is 1. The molecule has 0 aromatic heterocycles. The molecule has 1 aliphatic rings. The molecule has 1 aromatic carbocycles. The van der Waals surface area contributed by atoms with Crippen molar-refractivity contribution < 1.29 is 14.6 Å². The third kappa shape index (κ3) is 3.33. The molecule has 3 nitrogen and oxygen atoms in total. The SMILES string of the molecule is COC(=O)C(CO)c1ccc(C2CCCCC2)c(Cl)c1. The summed E-state index contributed by atoms with van der Waals surface area (Å²) in [6, 6.07) is 5.68. The van der Waals surface area contributed by atoms with Gasteiger partial charge in [-0.1, -0.05) is 43.0 Å². The quantitative estimate of drug-likeness (QED) is 0.863. The fraction of sp³-hybridized carbons (Fsp3) is 0.562. The third-order valence-corrected chi connectivity index (χ3v) is 4.47. The number of carbonyl (C=O) groups is 1. The van der Waals surface area contributed by atoms with Crippen LogP contribution >= 0.6 is 11.6 Å². The summed E-state index contributed by atoms with van der Waals surface area (Å²) >= 11 is 6.38. The summed E-state index contributed by atoms with van der Waals surface area (Å²) < 4.78 is 4.70. The Morgan fingerprint density at radius 2 is 2.10 bits per heavy atom. The van der Waals surface area contributed by atoms with Gasteiger partial charge in [-0.2, -0.15) is 0 Å². The van der Waals surface area contributed by atoms with Crippen LogP contribution in [0.15, 0.2) is 18.2 Å². The molecule has 0 spiro atoms. The van der Waals surface area contributed by atoms with Crippen molar-refractivity contribution in [2.45, 2.75) is 43.9 Å². The lowest BCUT2D eigenvalue weighted by Gasteiger charge is -2.23. The van der Waals surface area contributed by atoms with Crippen LogP contribution in [0.2, 0.25) is 5.02 Å². The van der Waals surface area contributed by atoms with E-state index in [4.69, 9.17) is 16.3 Å². The lowest BCUT2D eigenvalue weighted by molar-refractivity contribution is -0.143. The molecule has 1 atom stereocenters. The molecule has 110 valence electrons. The Morgan fingerprint density at radius 3 is 2.65 bits per heavy atom. The van der Waals surface area contributed by atoms with Gasteiger partial charge in [0, 0.05) is 5.02 Å². The Hall–Kier alpha value is -1.06. The Kier molecular flexibility index (Phi) is 5.44. The van der Waals surface area contributed by atoms with Crippen LogP contribution < -0.4 is 0 Å². The first-order valence-electron chi connectivity index (χ1n) is 7.15. The first-order chi connectivity index (χ1) is 9.67. The summed E-state index contributed by atoms with van der Waals surface area (Å²) in [6.07, 6.45) is 6.18. The van der Waals surface area contributed by atoms with E-state index in [0.717, 1.165) is 5.56 Å². The maximum Gasteiger partial charge on any atom is 0.315 e. The van der Waals surface area contributed by atoms with Gasteiger partial charge in [0.25, 0.3) is 0 Å². The van der Waals surface area contributed by atoms with Crippen LogP contribution in [0.25, 0.3) is 0 Å². The molecule has 1 N–H and O–H groups in total. The van der Waals surface area contributed by atoms with Crippen molar-refractivity contribution in [2.24, 2.45) is 0 Å². The molecule has 0 saturated heterocycles. The highest BCUT2D eigenvalue weighted by Gasteiger charge is 2.23. The Balaban J connectivity index is 2.22. The van der Waals surface area contributed by atoms with Crippen molar-refractivity contribution in [1.82, 2.24) is 0 Å². The monoisotopic (exact) mass is 296 g/mol. The van der Waals surface area contributed by atoms with E-state index in [-0.39, 0.29) is 6.61 Å². The molecule has 20 heavy (non-hydrogen) atoms. The van der Waals surface area contributed by atoms with Gasteiger partial charge in [-0.3, -0.25) is 4.79 Å². The number of ether oxygens (including phenoxy) is 1. The minimum absolute atomic E-state index is 0.272. The molecular formula is C16H21ClO3. The summed E-state index contributed by atoms with van der Waals surface area (Å²) in [5.41, 5.74) is 1.88. The van der Waals surface area contributed by atoms with Gasteiger partial charge >= 0.3 is 5.97 Å². The largest absolute Gasteiger partial charge is 0.468 e. The van der Waals surface area contributed by atoms with Crippen LogP contribution in [0.5, 0.6) is 0 Å². The van der Waals surface area contributed by atoms with Gasteiger partial charge in [0.2, 0.25) is 0 Å². The summed E-state index contributed by atoms with van der Waals surface area (Å²) in [6.45, 7) is -0.272. The number of methoxy groups -OCH3 is 1. The Labute approximate surface area is 124 Å². The van der Waals surface area contributed by atoms with Gasteiger partial charge in [-0.25, -0.2) is 0 Å². The number of carbonyl (C=O) groups excluding carboxylic acids is 1. The molecule has 0 aliphatic heterocycles. The smallest absolute Gasteiger partial charge is 0.315 e. The molecule has 1 fully saturated rings. The van der Waals surface area contributed by atoms with Gasteiger partial charge in [-0.05, 0) is 36.0 Å². The summed E-state index contributed by atoms with van der Waals surface area (Å²) in [5.74, 6) is -0.567. The van der Waals surface area contributed by atoms with Crippen molar-refractivity contribution in [3.63, 3.8) is 0 Å². The molecule has 4 heteroatoms. The fourth-order valence-electron chi connectivity index (χ4n) is 2.96. The van der Waals surface area contributed by atoms with E-state index in [9.17, 15) is 9.90 Å². The highest BCUT2D eigenvalue weighted by Crippen LogP contribution is 2.37. The van der Waals surface area contributed by atoms with Crippen molar-refractivity contribution in [3.05, 3.63) is 34.3 Å². The maximum atomic E-state index is 11.6. The van der Waals surface area contributed by atoms with E-state index in [1.807, 2.05) is 12.1 Å². The lowest BCUT2D eigenvalue weighted by Crippen LogP contribution is -2.18. The van der Waals surface area contributed by atoms with Crippen LogP contribution in [0.4, 0.5) is 0 Å². The highest BCUT2D eigenvalue weighted by molar-refractivity contribution is 6.31. The standard InChI is InChI=1S/C16H21ClO3/c1-20-16(19)14(10-18)12-7-8-13(15(17)9-12)11-5-3-2-4-6-11/h7-9,11,14,18H,2-6,10H2,1H3. The van der Waals surface area contributed by atoms with Gasteiger partial charge in [0.15, 0.2) is 0 Å². The first kappa shape index (κ1) is 15.3. The number of aliphatic hydroxyl groups is 1. The molecule has 0 radical (unpaired) electrons. The van der Waals surface area contributed by atoms with Crippen LogP contribution in [0.3, 0.4) is 0 Å². The minimum atomic E-state index is -0.655. The van der Waals surface area contributed by atoms with Gasteiger partial charge in [0.1, 0.15) is 5.92 Å². The first-order valence-corrected chi connectivity index (χ1v) is 7.53. The average molecular weight is 297 g/mol. The molecule has 1 aromatic rings. The number of rotatable bonds is 4. The third-order valence-electron chi connectivity index (χ3n) is 4.14. The second-order valence-corrected chi connectivity index (χ2v) is 5.78. The summed E-state index contributed by atoms with van der Waals surface area (Å²) in [4.78, 5) is 11.6. The van der Waals surface area contributed by atoms with Crippen LogP contribution in [0, 0.1) is 0 Å². The maximum absolute atomic E-state index is 11.6. The topological polar surface area (TPSA) is 46.5 Å². The highest BCUT2D eigenvalue weighted by atomic mass is 35.5. The van der Waals surface area contributed by atoms with Crippen molar-refractivity contribution in [1.29, 1.82) is 0 Å². The van der Waals surface area contributed by atoms with Crippen LogP contribution in [-0.2, 0) is 9.53 Å². The van der Waals surface area contributed by atoms with E-state index < -0.39 is 11.9 Å². The van der Waals surface area contributed by atoms with Crippen LogP contribution in [-0.4, -0.2) is 24.8 Å². The van der Waals surface area contributed by atoms with Crippen molar-refractivity contribution >= 4 is 17.6 Å². The molecule has 1 aliphatic carbocycles. The predicted molar refractivity (Wildman–Crippen MR) is 79.1 cm³/mol. The van der Waals surface area contributed by atoms with E-state index in [1.54, 1.807) is 6.07 Å². The molecular weight excluding hydrogens is 276 g/mol. The van der Waals surface area contributed by atoms with E-state index in [2.05, 4.69) is 0 Å². The zero-order valence-corrected chi connectivity index (χ0v) is 12.5. The molecule has 0 amide bonds. The number of benzene rings is 1. The predicted octanol–water partition coefficient (Wildman–Crippen LogP) is 3.64. The van der Waals surface area contributed by atoms with Gasteiger partial charge < -0.3 is 9.84 Å². The number of esters is 1. The lowest BCUT2D eigenvalue weighted by atomic mass is 9.83. The van der Waals surface area contributed by atoms with E-state index in [0.29, 0.717) is 16.5 Å². The summed E-state index contributed by atoms with van der Waals surface area (Å²) in [7, 11) is 1.32. The minimum Gasteiger partial charge on any atom is -0.468 e. The zero-order valence-electron chi connectivity index (χ0n) is 11.8. The number of aliphatic hydroxyl groups excluding tert-OH is 1. The van der Waals surface area contributed by atoms with Crippen molar-refractivity contribution in [3.8, 4) is 0 Å². The zero-order chi connectivity index (χ0) is 14.5. The van der Waals surface area contributed by atoms with E-state index >= 15 is 0 Å².